The van der Waals surface area contributed by atoms with E-state index in [0.717, 1.165) is 41.4 Å². The van der Waals surface area contributed by atoms with Gasteiger partial charge in [0.05, 0.1) is 24.6 Å². The molecule has 1 aromatic heterocycles. The maximum absolute atomic E-state index is 12.4. The monoisotopic (exact) mass is 398 g/mol. The van der Waals surface area contributed by atoms with E-state index >= 15 is 0 Å². The summed E-state index contributed by atoms with van der Waals surface area (Å²) in [7, 11) is 0. The number of carbonyl (C=O) groups excluding carboxylic acids is 1. The molecule has 0 saturated carbocycles. The van der Waals surface area contributed by atoms with E-state index in [9.17, 15) is 4.79 Å². The number of hydrogen-bond acceptors (Lipinski definition) is 3. The highest BCUT2D eigenvalue weighted by Gasteiger charge is 2.12. The molecule has 1 aliphatic rings. The first kappa shape index (κ1) is 19.7. The van der Waals surface area contributed by atoms with E-state index in [1.165, 1.54) is 11.1 Å². The topological polar surface area (TPSA) is 70.7 Å². The van der Waals surface area contributed by atoms with Gasteiger partial charge < -0.3 is 5.32 Å². The van der Waals surface area contributed by atoms with Gasteiger partial charge in [-0.25, -0.2) is 0 Å². The number of allylic oxidation sites excluding steroid dienone is 4. The lowest BCUT2D eigenvalue weighted by Crippen LogP contribution is -2.24. The minimum Gasteiger partial charge on any atom is -0.351 e. The van der Waals surface area contributed by atoms with Crippen LogP contribution in [0.2, 0.25) is 0 Å². The number of amides is 1. The van der Waals surface area contributed by atoms with E-state index in [2.05, 4.69) is 36.7 Å². The smallest absolute Gasteiger partial charge is 0.251 e. The Morgan fingerprint density at radius 3 is 3.00 bits per heavy atom. The maximum atomic E-state index is 12.4. The Morgan fingerprint density at radius 1 is 1.30 bits per heavy atom. The van der Waals surface area contributed by atoms with Crippen LogP contribution in [-0.4, -0.2) is 22.2 Å². The highest BCUT2D eigenvalue weighted by atomic mass is 16.1. The second kappa shape index (κ2) is 8.79. The molecule has 0 spiro atoms. The SMILES string of the molecule is CC1=CC(Cn2cc3c(-c4cccc(C(=O)NCCC#N)c4)cccc3n2)=CCC1.[HH]. The number of nitrogens with zero attached hydrogens (tertiary/aromatic N) is 3. The fraction of sp³-hybridized carbons (Fsp3) is 0.240. The Balaban J connectivity index is 0.00000272. The lowest BCUT2D eigenvalue weighted by atomic mass is 9.99. The molecule has 0 saturated heterocycles. The maximum Gasteiger partial charge on any atom is 0.251 e. The van der Waals surface area contributed by atoms with E-state index in [0.29, 0.717) is 18.5 Å². The molecular formula is C25H26N4O. The summed E-state index contributed by atoms with van der Waals surface area (Å²) in [6.45, 7) is 3.28. The van der Waals surface area contributed by atoms with E-state index in [1.54, 1.807) is 6.07 Å². The van der Waals surface area contributed by atoms with Crippen molar-refractivity contribution in [2.45, 2.75) is 32.7 Å². The molecule has 1 heterocycles. The van der Waals surface area contributed by atoms with Gasteiger partial charge in [0.1, 0.15) is 0 Å². The van der Waals surface area contributed by atoms with Crippen LogP contribution in [0.1, 0.15) is 38.0 Å². The van der Waals surface area contributed by atoms with Crippen molar-refractivity contribution in [3.63, 3.8) is 0 Å². The van der Waals surface area contributed by atoms with Crippen molar-refractivity contribution in [2.75, 3.05) is 6.54 Å². The molecule has 2 aromatic carbocycles. The first-order chi connectivity index (χ1) is 14.6. The van der Waals surface area contributed by atoms with Crippen LogP contribution in [-0.2, 0) is 6.54 Å². The van der Waals surface area contributed by atoms with Gasteiger partial charge in [-0.15, -0.1) is 0 Å². The third kappa shape index (κ3) is 4.33. The van der Waals surface area contributed by atoms with Gasteiger partial charge in [0.2, 0.25) is 0 Å². The molecule has 5 heteroatoms. The first-order valence-electron chi connectivity index (χ1n) is 10.2. The standard InChI is InChI=1S/C25H24N4O.H2/c1-18-6-2-7-19(14-18)16-29-17-23-22(10-4-11-24(23)28-29)20-8-3-9-21(15-20)25(30)27-13-5-12-26;/h3-4,7-11,14-15,17H,2,5-6,13,16H2,1H3,(H,27,30);1H. The minimum atomic E-state index is -0.165. The Labute approximate surface area is 177 Å². The highest BCUT2D eigenvalue weighted by Crippen LogP contribution is 2.29. The number of nitriles is 1. The Morgan fingerprint density at radius 2 is 2.17 bits per heavy atom. The zero-order chi connectivity index (χ0) is 20.9. The van der Waals surface area contributed by atoms with Crippen LogP contribution in [0.25, 0.3) is 22.0 Å². The third-order valence-corrected chi connectivity index (χ3v) is 5.28. The number of benzene rings is 2. The number of rotatable bonds is 6. The normalized spacial score (nSPS) is 13.5. The number of nitrogens with one attached hydrogen (secondary N) is 1. The van der Waals surface area contributed by atoms with Crippen LogP contribution < -0.4 is 5.32 Å². The van der Waals surface area contributed by atoms with Crippen LogP contribution in [0.15, 0.2) is 72.0 Å². The molecule has 1 aliphatic carbocycles. The summed E-state index contributed by atoms with van der Waals surface area (Å²) in [5.74, 6) is -0.165. The molecule has 1 N–H and O–H groups in total. The van der Waals surface area contributed by atoms with E-state index < -0.39 is 0 Å². The summed E-state index contributed by atoms with van der Waals surface area (Å²) < 4.78 is 1.99. The summed E-state index contributed by atoms with van der Waals surface area (Å²) in [6, 6.07) is 15.7. The molecular weight excluding hydrogens is 372 g/mol. The second-order valence-electron chi connectivity index (χ2n) is 7.62. The van der Waals surface area contributed by atoms with Gasteiger partial charge in [0.25, 0.3) is 5.91 Å². The largest absolute Gasteiger partial charge is 0.351 e. The molecule has 4 rings (SSSR count). The molecule has 0 radical (unpaired) electrons. The van der Waals surface area contributed by atoms with Gasteiger partial charge >= 0.3 is 0 Å². The van der Waals surface area contributed by atoms with Crippen LogP contribution in [0.3, 0.4) is 0 Å². The predicted octanol–water partition coefficient (Wildman–Crippen LogP) is 5.26. The molecule has 30 heavy (non-hydrogen) atoms. The Hall–Kier alpha value is -3.65. The zero-order valence-electron chi connectivity index (χ0n) is 17.1. The minimum absolute atomic E-state index is 0. The number of hydrogen-bond donors (Lipinski definition) is 1. The van der Waals surface area contributed by atoms with Crippen LogP contribution in [0.4, 0.5) is 0 Å². The summed E-state index contributed by atoms with van der Waals surface area (Å²) in [4.78, 5) is 12.4. The molecule has 152 valence electrons. The highest BCUT2D eigenvalue weighted by molar-refractivity contribution is 5.98. The van der Waals surface area contributed by atoms with Gasteiger partial charge in [-0.2, -0.15) is 10.4 Å². The molecule has 0 unspecified atom stereocenters. The van der Waals surface area contributed by atoms with Gasteiger partial charge in [-0.05, 0) is 54.7 Å². The lowest BCUT2D eigenvalue weighted by Gasteiger charge is -2.10. The van der Waals surface area contributed by atoms with Crippen molar-refractivity contribution in [2.24, 2.45) is 0 Å². The Bertz CT molecular complexity index is 1200. The zero-order valence-corrected chi connectivity index (χ0v) is 17.1. The molecule has 0 fully saturated rings. The lowest BCUT2D eigenvalue weighted by molar-refractivity contribution is 0.0954. The summed E-state index contributed by atoms with van der Waals surface area (Å²) >= 11 is 0. The summed E-state index contributed by atoms with van der Waals surface area (Å²) in [6.07, 6.45) is 9.15. The van der Waals surface area contributed by atoms with Gasteiger partial charge in [-0.3, -0.25) is 9.48 Å². The number of carbonyl (C=O) groups is 1. The first-order valence-corrected chi connectivity index (χ1v) is 10.2. The van der Waals surface area contributed by atoms with E-state index in [4.69, 9.17) is 10.4 Å². The van der Waals surface area contributed by atoms with Crippen LogP contribution >= 0.6 is 0 Å². The summed E-state index contributed by atoms with van der Waals surface area (Å²) in [5, 5.41) is 17.3. The number of aromatic nitrogens is 2. The fourth-order valence-electron chi connectivity index (χ4n) is 3.82. The van der Waals surface area contributed by atoms with Gasteiger partial charge in [0.15, 0.2) is 0 Å². The van der Waals surface area contributed by atoms with Crippen molar-refractivity contribution in [3.8, 4) is 17.2 Å². The quantitative estimate of drug-likeness (QED) is 0.576. The predicted molar refractivity (Wildman–Crippen MR) is 121 cm³/mol. The van der Waals surface area contributed by atoms with Crippen molar-refractivity contribution in [3.05, 3.63) is 77.5 Å². The number of fused-ring (bicyclic) bond motifs is 1. The molecule has 0 atom stereocenters. The van der Waals surface area contributed by atoms with Crippen molar-refractivity contribution in [1.29, 1.82) is 5.26 Å². The van der Waals surface area contributed by atoms with Gasteiger partial charge in [0, 0.05) is 25.1 Å². The van der Waals surface area contributed by atoms with Crippen LogP contribution in [0.5, 0.6) is 0 Å². The van der Waals surface area contributed by atoms with Crippen molar-refractivity contribution in [1.82, 2.24) is 15.1 Å². The molecule has 5 nitrogen and oxygen atoms in total. The average molecular weight is 399 g/mol. The summed E-state index contributed by atoms with van der Waals surface area (Å²) in [5.41, 5.74) is 6.26. The van der Waals surface area contributed by atoms with Gasteiger partial charge in [-0.1, -0.05) is 42.0 Å². The molecule has 0 bridgehead atoms. The molecule has 1 amide bonds. The molecule has 3 aromatic rings. The van der Waals surface area contributed by atoms with E-state index in [-0.39, 0.29) is 7.33 Å². The average Bonchev–Trinajstić information content (AvgIpc) is 3.16. The fourth-order valence-corrected chi connectivity index (χ4v) is 3.82. The van der Waals surface area contributed by atoms with Crippen molar-refractivity contribution < 1.29 is 6.22 Å². The van der Waals surface area contributed by atoms with E-state index in [1.807, 2.05) is 41.1 Å². The second-order valence-corrected chi connectivity index (χ2v) is 7.62. The Kier molecular flexibility index (Phi) is 5.76. The van der Waals surface area contributed by atoms with Crippen LogP contribution in [0, 0.1) is 11.3 Å². The third-order valence-electron chi connectivity index (χ3n) is 5.28. The molecule has 0 aliphatic heterocycles. The van der Waals surface area contributed by atoms with Crippen molar-refractivity contribution >= 4 is 16.8 Å².